The van der Waals surface area contributed by atoms with Gasteiger partial charge in [-0.15, -0.1) is 43.0 Å². The van der Waals surface area contributed by atoms with E-state index in [1.54, 1.807) is 35.1 Å². The van der Waals surface area contributed by atoms with E-state index in [2.05, 4.69) is 40.5 Å². The summed E-state index contributed by atoms with van der Waals surface area (Å²) in [5.41, 5.74) is 4.97. The minimum absolute atomic E-state index is 0. The molecule has 6 aliphatic rings. The summed E-state index contributed by atoms with van der Waals surface area (Å²) in [6.45, 7) is 17.0. The van der Waals surface area contributed by atoms with Crippen molar-refractivity contribution in [3.05, 3.63) is 25.3 Å². The van der Waals surface area contributed by atoms with E-state index in [-0.39, 0.29) is 37.0 Å². The average molecular weight is 814 g/mol. The number of nitrogens with two attached hydrogens (primary N) is 2. The molecule has 20 heteroatoms. The largest absolute Gasteiger partial charge is 1.00 e. The lowest BCUT2D eigenvalue weighted by Crippen LogP contribution is -3.00. The lowest BCUT2D eigenvalue weighted by molar-refractivity contribution is -0.645. The highest BCUT2D eigenvalue weighted by Crippen LogP contribution is 2.55. The third-order valence-corrected chi connectivity index (χ3v) is 10.1. The molecule has 3 unspecified atom stereocenters. The predicted molar refractivity (Wildman–Crippen MR) is 206 cm³/mol. The fourth-order valence-electron chi connectivity index (χ4n) is 7.43. The van der Waals surface area contributed by atoms with E-state index >= 15 is 0 Å². The Bertz CT molecular complexity index is 1500. The number of hydrogen-bond donors (Lipinski definition) is 2. The zero-order valence-corrected chi connectivity index (χ0v) is 35.4. The molecule has 3 aliphatic carbocycles. The Balaban J connectivity index is 0.000000200. The number of halogens is 2. The highest BCUT2D eigenvalue weighted by molar-refractivity contribution is 5.85. The first kappa shape index (κ1) is 45.6. The van der Waals surface area contributed by atoms with Crippen molar-refractivity contribution in [2.45, 2.75) is 70.9 Å². The number of fused-ring (bicyclic) bond motifs is 3. The second-order valence-corrected chi connectivity index (χ2v) is 17.3. The van der Waals surface area contributed by atoms with Gasteiger partial charge in [0.2, 0.25) is 0 Å². The van der Waals surface area contributed by atoms with Gasteiger partial charge < -0.3 is 61.7 Å². The summed E-state index contributed by atoms with van der Waals surface area (Å²) >= 11 is 0. The Morgan fingerprint density at radius 1 is 0.673 bits per heavy atom. The fraction of sp³-hybridized carbons (Fsp3) is 0.771. The molecule has 0 spiro atoms. The number of ether oxygens (including phenoxy) is 2. The van der Waals surface area contributed by atoms with Crippen LogP contribution < -0.4 is 23.5 Å². The molecule has 3 aliphatic heterocycles. The number of nitrogens with zero attached hydrogens (tertiary/aromatic N) is 12. The first-order valence-corrected chi connectivity index (χ1v) is 18.5. The third-order valence-electron chi connectivity index (χ3n) is 10.1. The van der Waals surface area contributed by atoms with Crippen LogP contribution in [0.4, 0.5) is 9.59 Å². The maximum atomic E-state index is 11.9. The van der Waals surface area contributed by atoms with Crippen LogP contribution in [0, 0.1) is 35.5 Å². The quantitative estimate of drug-likeness (QED) is 0.198. The van der Waals surface area contributed by atoms with Gasteiger partial charge in [0.05, 0.1) is 19.1 Å². The zero-order chi connectivity index (χ0) is 38.7. The van der Waals surface area contributed by atoms with Crippen molar-refractivity contribution in [1.29, 1.82) is 0 Å². The molecule has 8 rings (SSSR count). The predicted octanol–water partition coefficient (Wildman–Crippen LogP) is -1.72. The molecule has 3 saturated heterocycles. The van der Waals surface area contributed by atoms with Gasteiger partial charge in [0, 0.05) is 90.1 Å². The summed E-state index contributed by atoms with van der Waals surface area (Å²) in [7, 11) is 7.59. The standard InChI is InChI=1S/C12H18N4O2.C10H18N2O2.C7H10N4.C6H14N4.2ClH/c1-12(2,3)18-11(17)15-4-8-9(5-15)10(8)16-6-13-14-7-16;1-10(2,3)14-9(13)12-4-6-7(5-12)8(6)11;1-5-6(2-8-1)7(5)11-3-9-10-4-11;1-9(2)5-7-8-6-10(3)4;;/h6-10H,4-5H2,1-3H3;6-8H,4-5,11H2,1-3H3;3-8H,1-2H2;5-6H,1-4H3;2*1H/b;;;7-5+,8-6+;;/t8-,9+,10?;6-,7+,8?;5-,6+,7?;;;. The number of piperidine rings is 3. The molecule has 0 radical (unpaired) electrons. The van der Waals surface area contributed by atoms with E-state index < -0.39 is 11.2 Å². The van der Waals surface area contributed by atoms with Crippen LogP contribution in [0.25, 0.3) is 0 Å². The zero-order valence-electron chi connectivity index (χ0n) is 33.8. The van der Waals surface area contributed by atoms with Crippen molar-refractivity contribution in [1.82, 2.24) is 49.1 Å². The van der Waals surface area contributed by atoms with Crippen LogP contribution in [0.2, 0.25) is 0 Å². The Morgan fingerprint density at radius 3 is 1.33 bits per heavy atom. The molecule has 0 aromatic carbocycles. The SMILES string of the molecule is CC(C)(C)OC(=O)N1C[C@@H]2C(N)[C@@H]2C1.CC(C)(C)OC(=O)N1C[C@@H]2C(n3cnnc3)[C@@H]2C1.CN(C)/C=N/N=C/N(C)C.Cl.[Cl-].c1nncn1C1[C@H]2C[NH2+]C[C@@H]12. The number of likely N-dealkylation sites (tertiary alicyclic amines) is 2. The molecule has 55 heavy (non-hydrogen) atoms. The average Bonchev–Trinajstić information content (AvgIpc) is 3.67. The number of aromatic nitrogens is 6. The molecule has 5 heterocycles. The summed E-state index contributed by atoms with van der Waals surface area (Å²) < 4.78 is 14.8. The first-order chi connectivity index (χ1) is 24.9. The van der Waals surface area contributed by atoms with Gasteiger partial charge in [0.25, 0.3) is 0 Å². The number of amides is 2. The number of rotatable bonds is 5. The number of quaternary nitrogens is 1. The molecule has 3 saturated carbocycles. The highest BCUT2D eigenvalue weighted by atomic mass is 35.5. The van der Waals surface area contributed by atoms with Gasteiger partial charge >= 0.3 is 12.2 Å². The van der Waals surface area contributed by atoms with Crippen molar-refractivity contribution in [2.75, 3.05) is 67.5 Å². The smallest absolute Gasteiger partial charge is 0.410 e. The van der Waals surface area contributed by atoms with E-state index in [1.165, 1.54) is 13.1 Å². The second kappa shape index (κ2) is 18.9. The Kier molecular flexibility index (Phi) is 15.7. The summed E-state index contributed by atoms with van der Waals surface area (Å²) in [6.07, 6.45) is 10.1. The number of hydrogen-bond acceptors (Lipinski definition) is 11. The van der Waals surface area contributed by atoms with Crippen molar-refractivity contribution < 1.29 is 36.8 Å². The minimum atomic E-state index is -0.419. The summed E-state index contributed by atoms with van der Waals surface area (Å²) in [5.74, 6) is 3.95. The summed E-state index contributed by atoms with van der Waals surface area (Å²) in [4.78, 5) is 30.7. The van der Waals surface area contributed by atoms with Crippen LogP contribution in [0.15, 0.2) is 35.5 Å². The van der Waals surface area contributed by atoms with Crippen molar-refractivity contribution in [3.8, 4) is 0 Å². The van der Waals surface area contributed by atoms with Crippen molar-refractivity contribution in [2.24, 2.45) is 51.4 Å². The first-order valence-electron chi connectivity index (χ1n) is 18.5. The monoisotopic (exact) mass is 812 g/mol. The molecule has 2 aromatic rings. The van der Waals surface area contributed by atoms with E-state index in [1.807, 2.05) is 96.8 Å². The third kappa shape index (κ3) is 12.9. The van der Waals surface area contributed by atoms with Crippen molar-refractivity contribution in [3.63, 3.8) is 0 Å². The van der Waals surface area contributed by atoms with Crippen LogP contribution in [-0.2, 0) is 9.47 Å². The Hall–Kier alpha value is -3.74. The van der Waals surface area contributed by atoms with Gasteiger partial charge in [-0.05, 0) is 53.4 Å². The van der Waals surface area contributed by atoms with E-state index in [9.17, 15) is 9.59 Å². The maximum Gasteiger partial charge on any atom is 0.410 e. The Morgan fingerprint density at radius 2 is 1.00 bits per heavy atom. The molecular formula is C35H62Cl2N14O4. The second-order valence-electron chi connectivity index (χ2n) is 17.3. The molecule has 18 nitrogen and oxygen atoms in total. The normalized spacial score (nSPS) is 29.0. The summed E-state index contributed by atoms with van der Waals surface area (Å²) in [5, 5.41) is 25.1. The van der Waals surface area contributed by atoms with E-state index in [0.29, 0.717) is 35.8 Å². The Labute approximate surface area is 337 Å². The van der Waals surface area contributed by atoms with Gasteiger partial charge in [-0.25, -0.2) is 9.59 Å². The van der Waals surface area contributed by atoms with Gasteiger partial charge in [0.1, 0.15) is 49.2 Å². The van der Waals surface area contributed by atoms with Gasteiger partial charge in [-0.3, -0.25) is 0 Å². The van der Waals surface area contributed by atoms with E-state index in [4.69, 9.17) is 15.2 Å². The summed E-state index contributed by atoms with van der Waals surface area (Å²) in [6, 6.07) is 1.53. The highest BCUT2D eigenvalue weighted by Gasteiger charge is 2.59. The molecule has 9 atom stereocenters. The maximum absolute atomic E-state index is 11.9. The molecule has 310 valence electrons. The molecular weight excluding hydrogens is 751 g/mol. The van der Waals surface area contributed by atoms with Crippen LogP contribution >= 0.6 is 12.4 Å². The van der Waals surface area contributed by atoms with Crippen LogP contribution in [0.3, 0.4) is 0 Å². The molecule has 0 bridgehead atoms. The van der Waals surface area contributed by atoms with Gasteiger partial charge in [0.15, 0.2) is 0 Å². The minimum Gasteiger partial charge on any atom is -1.00 e. The van der Waals surface area contributed by atoms with Crippen LogP contribution in [0.5, 0.6) is 0 Å². The van der Waals surface area contributed by atoms with Crippen molar-refractivity contribution >= 4 is 37.3 Å². The fourth-order valence-corrected chi connectivity index (χ4v) is 7.43. The van der Waals surface area contributed by atoms with Gasteiger partial charge in [-0.2, -0.15) is 0 Å². The topological polar surface area (TPSA) is 194 Å². The van der Waals surface area contributed by atoms with Crippen LogP contribution in [-0.4, -0.2) is 159 Å². The van der Waals surface area contributed by atoms with E-state index in [0.717, 1.165) is 44.1 Å². The van der Waals surface area contributed by atoms with Gasteiger partial charge in [-0.1, -0.05) is 0 Å². The number of carbonyl (C=O) groups is 2. The molecule has 4 N–H and O–H groups in total. The lowest BCUT2D eigenvalue weighted by Gasteiger charge is -2.25. The molecule has 2 amide bonds. The molecule has 2 aromatic heterocycles. The number of carbonyl (C=O) groups excluding carboxylic acids is 2. The van der Waals surface area contributed by atoms with Crippen LogP contribution in [0.1, 0.15) is 53.6 Å². The molecule has 6 fully saturated rings. The lowest BCUT2D eigenvalue weighted by atomic mass is 10.2.